The van der Waals surface area contributed by atoms with E-state index in [9.17, 15) is 5.11 Å². The maximum atomic E-state index is 10.4. The molecule has 0 radical (unpaired) electrons. The van der Waals surface area contributed by atoms with E-state index in [2.05, 4.69) is 12.6 Å². The topological polar surface area (TPSA) is 46.2 Å². The monoisotopic (exact) mass is 299 g/mol. The Morgan fingerprint density at radius 3 is 1.80 bits per heavy atom. The predicted molar refractivity (Wildman–Crippen MR) is 89.1 cm³/mol. The summed E-state index contributed by atoms with van der Waals surface area (Å²) in [5.41, 5.74) is 6.26. The van der Waals surface area contributed by atoms with Gasteiger partial charge in [-0.25, -0.2) is 0 Å². The zero-order chi connectivity index (χ0) is 14.4. The van der Waals surface area contributed by atoms with Gasteiger partial charge in [0.25, 0.3) is 0 Å². The Labute approximate surface area is 130 Å². The van der Waals surface area contributed by atoms with Crippen molar-refractivity contribution in [3.8, 4) is 0 Å². The second-order valence-electron chi connectivity index (χ2n) is 7.20. The average molecular weight is 300 g/mol. The van der Waals surface area contributed by atoms with Gasteiger partial charge in [-0.05, 0) is 24.7 Å². The second-order valence-corrected chi connectivity index (χ2v) is 7.86. The minimum atomic E-state index is -0.429. The maximum Gasteiger partial charge on any atom is 0.0807 e. The number of hydrogen-bond acceptors (Lipinski definition) is 3. The number of aliphatic hydroxyl groups is 1. The summed E-state index contributed by atoms with van der Waals surface area (Å²) >= 11 is 4.66. The third kappa shape index (κ3) is 5.23. The molecule has 2 aliphatic carbocycles. The van der Waals surface area contributed by atoms with Gasteiger partial charge in [0, 0.05) is 11.3 Å². The Kier molecular flexibility index (Phi) is 7.20. The van der Waals surface area contributed by atoms with Gasteiger partial charge in [-0.3, -0.25) is 0 Å². The molecule has 2 fully saturated rings. The van der Waals surface area contributed by atoms with Gasteiger partial charge in [0.15, 0.2) is 0 Å². The molecule has 20 heavy (non-hydrogen) atoms. The average Bonchev–Trinajstić information content (AvgIpc) is 2.48. The smallest absolute Gasteiger partial charge is 0.0807 e. The molecule has 0 aromatic heterocycles. The van der Waals surface area contributed by atoms with Crippen molar-refractivity contribution in [3.05, 3.63) is 0 Å². The first-order valence-corrected chi connectivity index (χ1v) is 9.30. The summed E-state index contributed by atoms with van der Waals surface area (Å²) in [6.45, 7) is 0. The van der Waals surface area contributed by atoms with E-state index in [0.717, 1.165) is 24.7 Å². The minimum Gasteiger partial charge on any atom is -0.390 e. The lowest BCUT2D eigenvalue weighted by atomic mass is 9.81. The Balaban J connectivity index is 1.71. The van der Waals surface area contributed by atoms with E-state index >= 15 is 0 Å². The van der Waals surface area contributed by atoms with Crippen LogP contribution in [0.3, 0.4) is 0 Å². The fraction of sp³-hybridized carbons (Fsp3) is 1.00. The Morgan fingerprint density at radius 2 is 1.30 bits per heavy atom. The fourth-order valence-electron chi connectivity index (χ4n) is 4.14. The van der Waals surface area contributed by atoms with Crippen LogP contribution in [-0.4, -0.2) is 22.5 Å². The maximum absolute atomic E-state index is 10.4. The molecule has 0 spiro atoms. The Hall–Kier alpha value is 0.270. The molecule has 3 unspecified atom stereocenters. The molecule has 2 saturated carbocycles. The second kappa shape index (κ2) is 8.65. The van der Waals surface area contributed by atoms with E-state index < -0.39 is 6.10 Å². The van der Waals surface area contributed by atoms with Crippen LogP contribution in [0, 0.1) is 11.8 Å². The van der Waals surface area contributed by atoms with E-state index in [1.165, 1.54) is 64.2 Å². The van der Waals surface area contributed by atoms with E-state index in [1.54, 1.807) is 0 Å². The summed E-state index contributed by atoms with van der Waals surface area (Å²) in [5.74, 6) is 1.51. The molecule has 3 heteroatoms. The SMILES string of the molecule is NC(CC1CCCCC1)C(O)C(S)CC1CCCCC1. The number of rotatable bonds is 6. The third-order valence-corrected chi connectivity index (χ3v) is 5.98. The van der Waals surface area contributed by atoms with Crippen molar-refractivity contribution in [3.63, 3.8) is 0 Å². The zero-order valence-corrected chi connectivity index (χ0v) is 13.7. The van der Waals surface area contributed by atoms with Gasteiger partial charge in [0.1, 0.15) is 0 Å². The van der Waals surface area contributed by atoms with Crippen LogP contribution in [0.1, 0.15) is 77.0 Å². The van der Waals surface area contributed by atoms with Crippen molar-refractivity contribution in [2.45, 2.75) is 94.4 Å². The van der Waals surface area contributed by atoms with Crippen LogP contribution in [0.4, 0.5) is 0 Å². The molecule has 118 valence electrons. The Bertz CT molecular complexity index is 236. The van der Waals surface area contributed by atoms with Gasteiger partial charge in [-0.2, -0.15) is 12.6 Å². The summed E-state index contributed by atoms with van der Waals surface area (Å²) in [5, 5.41) is 10.5. The third-order valence-electron chi connectivity index (χ3n) is 5.46. The molecule has 3 atom stereocenters. The molecule has 0 saturated heterocycles. The highest BCUT2D eigenvalue weighted by atomic mass is 32.1. The first kappa shape index (κ1) is 16.6. The summed E-state index contributed by atoms with van der Waals surface area (Å²) in [6.07, 6.45) is 15.0. The molecule has 0 aromatic rings. The molecule has 2 nitrogen and oxygen atoms in total. The molecule has 0 aliphatic heterocycles. The summed E-state index contributed by atoms with van der Waals surface area (Å²) < 4.78 is 0. The lowest BCUT2D eigenvalue weighted by molar-refractivity contribution is 0.114. The van der Waals surface area contributed by atoms with Crippen molar-refractivity contribution in [2.24, 2.45) is 17.6 Å². The lowest BCUT2D eigenvalue weighted by Gasteiger charge is -2.31. The van der Waals surface area contributed by atoms with Gasteiger partial charge in [-0.15, -0.1) is 0 Å². The van der Waals surface area contributed by atoms with Crippen molar-refractivity contribution in [1.82, 2.24) is 0 Å². The highest BCUT2D eigenvalue weighted by Gasteiger charge is 2.28. The van der Waals surface area contributed by atoms with Crippen LogP contribution in [0.15, 0.2) is 0 Å². The Morgan fingerprint density at radius 1 is 0.850 bits per heavy atom. The molecule has 0 amide bonds. The largest absolute Gasteiger partial charge is 0.390 e. The van der Waals surface area contributed by atoms with E-state index in [1.807, 2.05) is 0 Å². The minimum absolute atomic E-state index is 0.0664. The van der Waals surface area contributed by atoms with Crippen molar-refractivity contribution < 1.29 is 5.11 Å². The van der Waals surface area contributed by atoms with Crippen LogP contribution in [-0.2, 0) is 0 Å². The molecule has 2 aliphatic rings. The van der Waals surface area contributed by atoms with E-state index in [4.69, 9.17) is 5.73 Å². The molecule has 0 bridgehead atoms. The number of thiol groups is 1. The van der Waals surface area contributed by atoms with Crippen LogP contribution < -0.4 is 5.73 Å². The van der Waals surface area contributed by atoms with Crippen LogP contribution in [0.5, 0.6) is 0 Å². The molecule has 2 rings (SSSR count). The van der Waals surface area contributed by atoms with Gasteiger partial charge in [0.05, 0.1) is 6.10 Å². The quantitative estimate of drug-likeness (QED) is 0.651. The number of hydrogen-bond donors (Lipinski definition) is 3. The first-order valence-electron chi connectivity index (χ1n) is 8.78. The van der Waals surface area contributed by atoms with Gasteiger partial charge >= 0.3 is 0 Å². The normalized spacial score (nSPS) is 27.1. The standard InChI is InChI=1S/C17H33NOS/c18-15(11-13-7-3-1-4-8-13)17(19)16(20)12-14-9-5-2-6-10-14/h13-17,19-20H,1-12,18H2. The van der Waals surface area contributed by atoms with Gasteiger partial charge in [-0.1, -0.05) is 64.2 Å². The lowest BCUT2D eigenvalue weighted by Crippen LogP contribution is -2.43. The molecule has 0 aromatic carbocycles. The van der Waals surface area contributed by atoms with Crippen molar-refractivity contribution in [1.29, 1.82) is 0 Å². The fourth-order valence-corrected chi connectivity index (χ4v) is 4.66. The molecule has 3 N–H and O–H groups in total. The number of aliphatic hydroxyl groups excluding tert-OH is 1. The molecular formula is C17H33NOS. The molecule has 0 heterocycles. The van der Waals surface area contributed by atoms with Gasteiger partial charge < -0.3 is 10.8 Å². The number of nitrogens with two attached hydrogens (primary N) is 1. The molecular weight excluding hydrogens is 266 g/mol. The summed E-state index contributed by atoms with van der Waals surface area (Å²) in [7, 11) is 0. The zero-order valence-electron chi connectivity index (χ0n) is 12.8. The highest BCUT2D eigenvalue weighted by Crippen LogP contribution is 2.32. The van der Waals surface area contributed by atoms with Crippen molar-refractivity contribution >= 4 is 12.6 Å². The predicted octanol–water partition coefficient (Wildman–Crippen LogP) is 3.91. The van der Waals surface area contributed by atoms with E-state index in [-0.39, 0.29) is 11.3 Å². The first-order chi connectivity index (χ1) is 9.66. The van der Waals surface area contributed by atoms with Crippen LogP contribution in [0.25, 0.3) is 0 Å². The van der Waals surface area contributed by atoms with Crippen molar-refractivity contribution in [2.75, 3.05) is 0 Å². The van der Waals surface area contributed by atoms with Crippen LogP contribution >= 0.6 is 12.6 Å². The van der Waals surface area contributed by atoms with Crippen LogP contribution in [0.2, 0.25) is 0 Å². The highest BCUT2D eigenvalue weighted by molar-refractivity contribution is 7.81. The van der Waals surface area contributed by atoms with E-state index in [0.29, 0.717) is 0 Å². The summed E-state index contributed by atoms with van der Waals surface area (Å²) in [4.78, 5) is 0. The summed E-state index contributed by atoms with van der Waals surface area (Å²) in [6, 6.07) is -0.0795. The van der Waals surface area contributed by atoms with Gasteiger partial charge in [0.2, 0.25) is 0 Å².